The quantitative estimate of drug-likeness (QED) is 0.835. The number of carbonyl (C=O) groups excluding carboxylic acids is 1. The number of carbonyl (C=O) groups is 2. The van der Waals surface area contributed by atoms with Gasteiger partial charge in [-0.1, -0.05) is 37.3 Å². The van der Waals surface area contributed by atoms with Crippen LogP contribution in [0, 0.1) is 17.8 Å². The Bertz CT molecular complexity index is 679. The van der Waals surface area contributed by atoms with E-state index in [1.54, 1.807) is 0 Å². The maximum atomic E-state index is 13.4. The molecule has 3 fully saturated rings. The Kier molecular flexibility index (Phi) is 3.96. The number of ether oxygens (including phenoxy) is 2. The highest BCUT2D eigenvalue weighted by Gasteiger charge is 2.63. The van der Waals surface area contributed by atoms with Crippen molar-refractivity contribution in [1.29, 1.82) is 0 Å². The molecule has 2 aliphatic carbocycles. The zero-order valence-corrected chi connectivity index (χ0v) is 14.4. The lowest BCUT2D eigenvalue weighted by molar-refractivity contribution is -0.236. The summed E-state index contributed by atoms with van der Waals surface area (Å²) in [7, 11) is 0. The van der Waals surface area contributed by atoms with Gasteiger partial charge in [-0.05, 0) is 30.7 Å². The first-order valence-electron chi connectivity index (χ1n) is 9.12. The molecular formula is C20H24O5. The first-order chi connectivity index (χ1) is 12.0. The highest BCUT2D eigenvalue weighted by atomic mass is 16.7. The fourth-order valence-electron chi connectivity index (χ4n) is 5.46. The molecule has 5 nitrogen and oxygen atoms in total. The van der Waals surface area contributed by atoms with Gasteiger partial charge in [-0.15, -0.1) is 0 Å². The molecule has 1 saturated heterocycles. The molecule has 134 valence electrons. The molecule has 1 aliphatic heterocycles. The molecule has 0 radical (unpaired) electrons. The fourth-order valence-corrected chi connectivity index (χ4v) is 5.46. The summed E-state index contributed by atoms with van der Waals surface area (Å²) in [5.74, 6) is -2.59. The Morgan fingerprint density at radius 3 is 2.44 bits per heavy atom. The summed E-state index contributed by atoms with van der Waals surface area (Å²) in [6, 6.07) is 9.72. The molecule has 1 aromatic carbocycles. The molecule has 25 heavy (non-hydrogen) atoms. The van der Waals surface area contributed by atoms with Gasteiger partial charge in [-0.2, -0.15) is 0 Å². The van der Waals surface area contributed by atoms with Gasteiger partial charge >= 0.3 is 5.97 Å². The predicted octanol–water partition coefficient (Wildman–Crippen LogP) is 2.78. The Hall–Kier alpha value is -1.72. The van der Waals surface area contributed by atoms with Crippen LogP contribution in [0.5, 0.6) is 0 Å². The van der Waals surface area contributed by atoms with E-state index in [1.165, 1.54) is 0 Å². The van der Waals surface area contributed by atoms with Crippen molar-refractivity contribution in [1.82, 2.24) is 0 Å². The largest absolute Gasteiger partial charge is 0.481 e. The highest BCUT2D eigenvalue weighted by Crippen LogP contribution is 2.58. The molecule has 3 aliphatic rings. The van der Waals surface area contributed by atoms with Gasteiger partial charge in [0, 0.05) is 12.3 Å². The molecule has 4 atom stereocenters. The second kappa shape index (κ2) is 5.92. The van der Waals surface area contributed by atoms with E-state index < -0.39 is 23.1 Å². The van der Waals surface area contributed by atoms with E-state index in [4.69, 9.17) is 9.47 Å². The number of carboxylic acid groups (broad SMARTS) is 1. The normalized spacial score (nSPS) is 37.0. The van der Waals surface area contributed by atoms with Crippen molar-refractivity contribution in [2.45, 2.75) is 43.8 Å². The summed E-state index contributed by atoms with van der Waals surface area (Å²) in [4.78, 5) is 25.1. The molecule has 1 heterocycles. The van der Waals surface area contributed by atoms with Crippen LogP contribution >= 0.6 is 0 Å². The smallest absolute Gasteiger partial charge is 0.314 e. The van der Waals surface area contributed by atoms with Gasteiger partial charge in [0.25, 0.3) is 0 Å². The third-order valence-electron chi connectivity index (χ3n) is 6.68. The molecule has 1 aromatic rings. The Labute approximate surface area is 147 Å². The number of hydrogen-bond donors (Lipinski definition) is 1. The van der Waals surface area contributed by atoms with E-state index in [0.29, 0.717) is 38.9 Å². The SMILES string of the molecule is C[C@H]1[C@@H]2CCC(C(=O)O)C(=O)[C@@]2(c2ccccc2)CCC12OCCO2. The van der Waals surface area contributed by atoms with Gasteiger partial charge in [-0.25, -0.2) is 0 Å². The van der Waals surface area contributed by atoms with Crippen LogP contribution in [0.4, 0.5) is 0 Å². The molecule has 0 aromatic heterocycles. The summed E-state index contributed by atoms with van der Waals surface area (Å²) >= 11 is 0. The topological polar surface area (TPSA) is 72.8 Å². The Morgan fingerprint density at radius 1 is 1.12 bits per heavy atom. The number of rotatable bonds is 2. The Morgan fingerprint density at radius 2 is 1.80 bits per heavy atom. The van der Waals surface area contributed by atoms with Crippen LogP contribution in [0.2, 0.25) is 0 Å². The predicted molar refractivity (Wildman–Crippen MR) is 90.0 cm³/mol. The van der Waals surface area contributed by atoms with E-state index in [-0.39, 0.29) is 17.6 Å². The number of hydrogen-bond acceptors (Lipinski definition) is 4. The molecule has 4 rings (SSSR count). The van der Waals surface area contributed by atoms with E-state index in [9.17, 15) is 14.7 Å². The van der Waals surface area contributed by atoms with Gasteiger partial charge in [0.05, 0.1) is 18.6 Å². The average molecular weight is 344 g/mol. The monoisotopic (exact) mass is 344 g/mol. The standard InChI is InChI=1S/C20H24O5/c1-13-16-8-7-15(18(22)23)17(21)19(16,14-5-3-2-4-6-14)9-10-20(13)24-11-12-25-20/h2-6,13,15-16H,7-12H2,1H3,(H,22,23)/t13-,15?,16-,19+/m0/s1. The first kappa shape index (κ1) is 16.7. The molecule has 1 spiro atoms. The van der Waals surface area contributed by atoms with Crippen molar-refractivity contribution in [3.63, 3.8) is 0 Å². The van der Waals surface area contributed by atoms with Gasteiger partial charge in [0.2, 0.25) is 0 Å². The minimum absolute atomic E-state index is 0.0323. The number of Topliss-reactive ketones (excluding diaryl/α,β-unsaturated/α-hetero) is 1. The highest BCUT2D eigenvalue weighted by molar-refractivity contribution is 6.05. The van der Waals surface area contributed by atoms with Gasteiger partial charge in [0.1, 0.15) is 5.92 Å². The second-order valence-corrected chi connectivity index (χ2v) is 7.57. The van der Waals surface area contributed by atoms with Crippen LogP contribution in [0.15, 0.2) is 30.3 Å². The van der Waals surface area contributed by atoms with E-state index >= 15 is 0 Å². The van der Waals surface area contributed by atoms with Crippen LogP contribution in [0.25, 0.3) is 0 Å². The average Bonchev–Trinajstić information content (AvgIpc) is 3.09. The van der Waals surface area contributed by atoms with Crippen molar-refractivity contribution < 1.29 is 24.2 Å². The lowest BCUT2D eigenvalue weighted by Gasteiger charge is -2.55. The molecule has 0 amide bonds. The maximum absolute atomic E-state index is 13.4. The van der Waals surface area contributed by atoms with Crippen LogP contribution in [-0.2, 0) is 24.5 Å². The van der Waals surface area contributed by atoms with E-state index in [0.717, 1.165) is 5.56 Å². The fraction of sp³-hybridized carbons (Fsp3) is 0.600. The number of fused-ring (bicyclic) bond motifs is 1. The second-order valence-electron chi connectivity index (χ2n) is 7.57. The minimum atomic E-state index is -1.000. The number of benzene rings is 1. The Balaban J connectivity index is 1.81. The van der Waals surface area contributed by atoms with Crippen LogP contribution in [0.3, 0.4) is 0 Å². The molecule has 0 bridgehead atoms. The van der Waals surface area contributed by atoms with Crippen molar-refractivity contribution in [3.8, 4) is 0 Å². The lowest BCUT2D eigenvalue weighted by atomic mass is 9.50. The summed E-state index contributed by atoms with van der Waals surface area (Å²) in [5, 5.41) is 9.56. The summed E-state index contributed by atoms with van der Waals surface area (Å²) < 4.78 is 12.0. The van der Waals surface area contributed by atoms with Crippen LogP contribution in [0.1, 0.15) is 38.2 Å². The van der Waals surface area contributed by atoms with E-state index in [1.807, 2.05) is 30.3 Å². The molecule has 1 unspecified atom stereocenters. The third-order valence-corrected chi connectivity index (χ3v) is 6.68. The third kappa shape index (κ3) is 2.29. The number of carboxylic acids is 1. The minimum Gasteiger partial charge on any atom is -0.481 e. The zero-order valence-electron chi connectivity index (χ0n) is 14.4. The maximum Gasteiger partial charge on any atom is 0.314 e. The summed E-state index contributed by atoms with van der Waals surface area (Å²) in [6.07, 6.45) is 2.30. The molecule has 1 N–H and O–H groups in total. The zero-order chi connectivity index (χ0) is 17.7. The molecule has 2 saturated carbocycles. The first-order valence-corrected chi connectivity index (χ1v) is 9.12. The summed E-state index contributed by atoms with van der Waals surface area (Å²) in [5.41, 5.74) is 0.193. The molecular weight excluding hydrogens is 320 g/mol. The van der Waals surface area contributed by atoms with Crippen molar-refractivity contribution in [2.24, 2.45) is 17.8 Å². The van der Waals surface area contributed by atoms with Crippen LogP contribution < -0.4 is 0 Å². The number of ketones is 1. The van der Waals surface area contributed by atoms with Crippen molar-refractivity contribution in [3.05, 3.63) is 35.9 Å². The lowest BCUT2D eigenvalue weighted by Crippen LogP contribution is -2.61. The van der Waals surface area contributed by atoms with Gasteiger partial charge < -0.3 is 14.6 Å². The van der Waals surface area contributed by atoms with E-state index in [2.05, 4.69) is 6.92 Å². The van der Waals surface area contributed by atoms with Crippen LogP contribution in [-0.4, -0.2) is 35.9 Å². The van der Waals surface area contributed by atoms with Crippen molar-refractivity contribution >= 4 is 11.8 Å². The summed E-state index contributed by atoms with van der Waals surface area (Å²) in [6.45, 7) is 3.27. The van der Waals surface area contributed by atoms with Gasteiger partial charge in [-0.3, -0.25) is 9.59 Å². The van der Waals surface area contributed by atoms with Gasteiger partial charge in [0.15, 0.2) is 11.6 Å². The van der Waals surface area contributed by atoms with Crippen molar-refractivity contribution in [2.75, 3.05) is 13.2 Å². The number of aliphatic carboxylic acids is 1. The molecule has 5 heteroatoms.